The molecule has 0 spiro atoms. The van der Waals surface area contributed by atoms with Crippen molar-refractivity contribution in [1.29, 1.82) is 0 Å². The van der Waals surface area contributed by atoms with Gasteiger partial charge in [0.2, 0.25) is 0 Å². The van der Waals surface area contributed by atoms with Gasteiger partial charge in [-0.3, -0.25) is 0 Å². The maximum atomic E-state index is 4.33. The van der Waals surface area contributed by atoms with Gasteiger partial charge in [0.25, 0.3) is 0 Å². The van der Waals surface area contributed by atoms with E-state index in [4.69, 9.17) is 0 Å². The lowest BCUT2D eigenvalue weighted by Gasteiger charge is -2.07. The molecule has 0 amide bonds. The molecule has 98 valence electrons. The minimum atomic E-state index is 0.853. The van der Waals surface area contributed by atoms with Crippen molar-refractivity contribution in [2.75, 3.05) is 6.54 Å². The van der Waals surface area contributed by atoms with Crippen LogP contribution in [-0.4, -0.2) is 25.6 Å². The van der Waals surface area contributed by atoms with E-state index in [1.54, 1.807) is 0 Å². The van der Waals surface area contributed by atoms with Crippen molar-refractivity contribution in [2.45, 2.75) is 39.4 Å². The average molecular weight is 247 g/mol. The highest BCUT2D eigenvalue weighted by Crippen LogP contribution is 1.98. The number of hydrogen-bond donors (Lipinski definition) is 1. The summed E-state index contributed by atoms with van der Waals surface area (Å²) in [5, 5.41) is 3.43. The highest BCUT2D eigenvalue weighted by atomic mass is 15.1. The fourth-order valence-corrected chi connectivity index (χ4v) is 1.96. The molecule has 5 nitrogen and oxygen atoms in total. The molecular weight excluding hydrogens is 226 g/mol. The second-order valence-corrected chi connectivity index (χ2v) is 4.31. The topological polar surface area (TPSA) is 47.7 Å². The Hall–Kier alpha value is -1.62. The van der Waals surface area contributed by atoms with Crippen LogP contribution in [0.3, 0.4) is 0 Å². The minimum Gasteiger partial charge on any atom is -0.337 e. The Bertz CT molecular complexity index is 432. The summed E-state index contributed by atoms with van der Waals surface area (Å²) < 4.78 is 4.28. The largest absolute Gasteiger partial charge is 0.337 e. The van der Waals surface area contributed by atoms with Gasteiger partial charge in [0, 0.05) is 37.9 Å². The molecule has 2 aromatic rings. The molecule has 0 aliphatic heterocycles. The lowest BCUT2D eigenvalue weighted by molar-refractivity contribution is 0.551. The zero-order valence-corrected chi connectivity index (χ0v) is 10.9. The lowest BCUT2D eigenvalue weighted by atomic mass is 10.3. The summed E-state index contributed by atoms with van der Waals surface area (Å²) in [6, 6.07) is 0. The van der Waals surface area contributed by atoms with Crippen molar-refractivity contribution in [3.05, 3.63) is 36.9 Å². The van der Waals surface area contributed by atoms with E-state index in [1.807, 2.05) is 31.1 Å². The normalized spacial score (nSPS) is 10.9. The lowest BCUT2D eigenvalue weighted by Crippen LogP contribution is -2.18. The van der Waals surface area contributed by atoms with E-state index in [-0.39, 0.29) is 0 Å². The van der Waals surface area contributed by atoms with Gasteiger partial charge in [0.05, 0.1) is 12.9 Å². The summed E-state index contributed by atoms with van der Waals surface area (Å²) in [6.07, 6.45) is 11.9. The predicted molar refractivity (Wildman–Crippen MR) is 71.1 cm³/mol. The third kappa shape index (κ3) is 3.70. The first-order valence-corrected chi connectivity index (χ1v) is 6.56. The summed E-state index contributed by atoms with van der Waals surface area (Å²) in [5.41, 5.74) is 0. The van der Waals surface area contributed by atoms with Crippen LogP contribution in [0.1, 0.15) is 25.6 Å². The summed E-state index contributed by atoms with van der Waals surface area (Å²) in [6.45, 7) is 6.05. The van der Waals surface area contributed by atoms with Crippen molar-refractivity contribution in [3.63, 3.8) is 0 Å². The van der Waals surface area contributed by atoms with Crippen LogP contribution in [0.15, 0.2) is 31.1 Å². The zero-order valence-electron chi connectivity index (χ0n) is 10.9. The second kappa shape index (κ2) is 6.96. The van der Waals surface area contributed by atoms with Gasteiger partial charge in [-0.1, -0.05) is 0 Å². The van der Waals surface area contributed by atoms with Crippen LogP contribution in [0.4, 0.5) is 0 Å². The highest BCUT2D eigenvalue weighted by Gasteiger charge is 1.99. The molecule has 1 N–H and O–H groups in total. The van der Waals surface area contributed by atoms with Crippen LogP contribution in [0.5, 0.6) is 0 Å². The molecule has 0 saturated heterocycles. The van der Waals surface area contributed by atoms with Crippen LogP contribution in [0.25, 0.3) is 0 Å². The number of aromatic nitrogens is 4. The Labute approximate surface area is 108 Å². The highest BCUT2D eigenvalue weighted by molar-refractivity contribution is 4.91. The summed E-state index contributed by atoms with van der Waals surface area (Å²) in [7, 11) is 0. The molecule has 0 atom stereocenters. The number of rotatable bonds is 8. The van der Waals surface area contributed by atoms with Gasteiger partial charge < -0.3 is 14.5 Å². The first kappa shape index (κ1) is 12.8. The van der Waals surface area contributed by atoms with Crippen LogP contribution in [-0.2, 0) is 19.6 Å². The van der Waals surface area contributed by atoms with Crippen molar-refractivity contribution in [3.8, 4) is 0 Å². The molecule has 0 unspecified atom stereocenters. The molecule has 0 fully saturated rings. The number of hydrogen-bond acceptors (Lipinski definition) is 3. The Balaban J connectivity index is 1.56. The van der Waals surface area contributed by atoms with Gasteiger partial charge in [0.15, 0.2) is 0 Å². The third-order valence-corrected chi connectivity index (χ3v) is 3.00. The number of imidazole rings is 2. The van der Waals surface area contributed by atoms with Crippen LogP contribution in [0.2, 0.25) is 0 Å². The smallest absolute Gasteiger partial charge is 0.122 e. The first-order chi connectivity index (χ1) is 8.90. The Kier molecular flexibility index (Phi) is 4.96. The number of aryl methyl sites for hydroxylation is 2. The third-order valence-electron chi connectivity index (χ3n) is 3.00. The molecule has 0 radical (unpaired) electrons. The molecule has 0 aliphatic rings. The maximum Gasteiger partial charge on any atom is 0.122 e. The fraction of sp³-hybridized carbons (Fsp3) is 0.538. The van der Waals surface area contributed by atoms with Crippen molar-refractivity contribution >= 4 is 0 Å². The summed E-state index contributed by atoms with van der Waals surface area (Å²) in [5.74, 6) is 1.12. The number of unbranched alkanes of at least 4 members (excludes halogenated alkanes) is 1. The minimum absolute atomic E-state index is 0.853. The van der Waals surface area contributed by atoms with Gasteiger partial charge in [-0.25, -0.2) is 9.97 Å². The van der Waals surface area contributed by atoms with E-state index in [0.29, 0.717) is 0 Å². The average Bonchev–Trinajstić information content (AvgIpc) is 3.04. The molecule has 0 saturated carbocycles. The second-order valence-electron chi connectivity index (χ2n) is 4.31. The van der Waals surface area contributed by atoms with E-state index in [9.17, 15) is 0 Å². The van der Waals surface area contributed by atoms with Gasteiger partial charge in [-0.05, 0) is 26.3 Å². The van der Waals surface area contributed by atoms with E-state index in [1.165, 1.54) is 12.8 Å². The molecule has 0 aliphatic carbocycles. The van der Waals surface area contributed by atoms with E-state index < -0.39 is 0 Å². The zero-order chi connectivity index (χ0) is 12.6. The van der Waals surface area contributed by atoms with Gasteiger partial charge in [-0.15, -0.1) is 0 Å². The fourth-order valence-electron chi connectivity index (χ4n) is 1.96. The Morgan fingerprint density at radius 2 is 2.17 bits per heavy atom. The SMILES string of the molecule is CCn1ccnc1CNCCCCn1ccnc1. The van der Waals surface area contributed by atoms with Gasteiger partial charge in [-0.2, -0.15) is 0 Å². The van der Waals surface area contributed by atoms with Crippen molar-refractivity contribution in [1.82, 2.24) is 24.4 Å². The Morgan fingerprint density at radius 1 is 1.22 bits per heavy atom. The number of nitrogens with zero attached hydrogens (tertiary/aromatic N) is 4. The van der Waals surface area contributed by atoms with Crippen LogP contribution >= 0.6 is 0 Å². The number of nitrogens with one attached hydrogen (secondary N) is 1. The predicted octanol–water partition coefficient (Wildman–Crippen LogP) is 1.67. The monoisotopic (exact) mass is 247 g/mol. The standard InChI is InChI=1S/C13H21N5/c1-2-18-10-7-16-13(18)11-14-5-3-4-8-17-9-6-15-12-17/h6-7,9-10,12,14H,2-5,8,11H2,1H3. The van der Waals surface area contributed by atoms with Crippen LogP contribution in [0, 0.1) is 0 Å². The molecule has 2 aromatic heterocycles. The van der Waals surface area contributed by atoms with E-state index >= 15 is 0 Å². The van der Waals surface area contributed by atoms with Crippen LogP contribution < -0.4 is 5.32 Å². The van der Waals surface area contributed by atoms with Crippen molar-refractivity contribution < 1.29 is 0 Å². The van der Waals surface area contributed by atoms with E-state index in [0.717, 1.165) is 32.0 Å². The molecule has 2 rings (SSSR count). The first-order valence-electron chi connectivity index (χ1n) is 6.56. The van der Waals surface area contributed by atoms with E-state index in [2.05, 4.69) is 31.3 Å². The quantitative estimate of drug-likeness (QED) is 0.722. The molecule has 0 bridgehead atoms. The summed E-state index contributed by atoms with van der Waals surface area (Å²) in [4.78, 5) is 8.36. The molecule has 0 aromatic carbocycles. The maximum absolute atomic E-state index is 4.33. The molecule has 5 heteroatoms. The van der Waals surface area contributed by atoms with Gasteiger partial charge in [0.1, 0.15) is 5.82 Å². The molecule has 2 heterocycles. The van der Waals surface area contributed by atoms with Crippen molar-refractivity contribution in [2.24, 2.45) is 0 Å². The summed E-state index contributed by atoms with van der Waals surface area (Å²) >= 11 is 0. The molecular formula is C13H21N5. The Morgan fingerprint density at radius 3 is 2.94 bits per heavy atom. The molecule has 18 heavy (non-hydrogen) atoms. The van der Waals surface area contributed by atoms with Gasteiger partial charge >= 0.3 is 0 Å².